The number of hydrogen-bond acceptors (Lipinski definition) is 5. The van der Waals surface area contributed by atoms with Crippen molar-refractivity contribution in [3.05, 3.63) is 52.2 Å². The first-order valence-corrected chi connectivity index (χ1v) is 9.20. The quantitative estimate of drug-likeness (QED) is 0.600. The highest BCUT2D eigenvalue weighted by molar-refractivity contribution is 7.17. The minimum absolute atomic E-state index is 0.0582. The van der Waals surface area contributed by atoms with Gasteiger partial charge in [-0.1, -0.05) is 0 Å². The van der Waals surface area contributed by atoms with Crippen molar-refractivity contribution in [1.29, 1.82) is 0 Å². The summed E-state index contributed by atoms with van der Waals surface area (Å²) in [6, 6.07) is 6.17. The van der Waals surface area contributed by atoms with E-state index >= 15 is 0 Å². The number of rotatable bonds is 4. The average molecular weight is 423 g/mol. The molecule has 0 aliphatic rings. The van der Waals surface area contributed by atoms with Crippen molar-refractivity contribution in [2.45, 2.75) is 26.9 Å². The fraction of sp³-hybridized carbons (Fsp3) is 0.211. The second-order valence-corrected chi connectivity index (χ2v) is 7.24. The lowest BCUT2D eigenvalue weighted by molar-refractivity contribution is -0.137. The number of aromatic nitrogens is 1. The normalized spacial score (nSPS) is 11.4. The Morgan fingerprint density at radius 3 is 2.38 bits per heavy atom. The number of carbonyl (C=O) groups is 2. The third-order valence-electron chi connectivity index (χ3n) is 3.86. The van der Waals surface area contributed by atoms with Gasteiger partial charge in [0.15, 0.2) is 10.8 Å². The molecule has 152 valence electrons. The number of benzene rings is 1. The lowest BCUT2D eigenvalue weighted by atomic mass is 10.1. The Morgan fingerprint density at radius 1 is 1.07 bits per heavy atom. The lowest BCUT2D eigenvalue weighted by Gasteiger charge is -2.14. The fourth-order valence-corrected chi connectivity index (χ4v) is 3.49. The van der Waals surface area contributed by atoms with Gasteiger partial charge in [0.05, 0.1) is 22.6 Å². The zero-order chi connectivity index (χ0) is 21.3. The minimum Gasteiger partial charge on any atom is -0.459 e. The molecule has 0 unspecified atom stereocenters. The molecule has 6 nitrogen and oxygen atoms in total. The number of thiazole rings is 1. The van der Waals surface area contributed by atoms with Gasteiger partial charge in [-0.2, -0.15) is 13.2 Å². The number of halogens is 3. The third-order valence-corrected chi connectivity index (χ3v) is 5.03. The topological polar surface area (TPSA) is 84.2 Å². The summed E-state index contributed by atoms with van der Waals surface area (Å²) in [6.07, 6.45) is -4.60. The van der Waals surface area contributed by atoms with Crippen LogP contribution in [0.5, 0.6) is 0 Å². The summed E-state index contributed by atoms with van der Waals surface area (Å²) in [5, 5.41) is 5.33. The van der Waals surface area contributed by atoms with Crippen LogP contribution in [0.3, 0.4) is 0 Å². The maximum Gasteiger partial charge on any atom is 0.416 e. The molecule has 0 fully saturated rings. The number of nitrogens with one attached hydrogen (secondary N) is 2. The molecule has 0 saturated heterocycles. The first-order chi connectivity index (χ1) is 13.5. The molecule has 2 aromatic heterocycles. The van der Waals surface area contributed by atoms with Crippen LogP contribution in [0.2, 0.25) is 0 Å². The predicted molar refractivity (Wildman–Crippen MR) is 103 cm³/mol. The molecule has 29 heavy (non-hydrogen) atoms. The van der Waals surface area contributed by atoms with Crippen LogP contribution in [0.4, 0.5) is 24.5 Å². The summed E-state index contributed by atoms with van der Waals surface area (Å²) >= 11 is 1.06. The molecule has 0 atom stereocenters. The maximum atomic E-state index is 13.1. The Morgan fingerprint density at radius 2 is 1.79 bits per heavy atom. The maximum absolute atomic E-state index is 13.1. The van der Waals surface area contributed by atoms with Gasteiger partial charge in [-0.15, -0.1) is 11.3 Å². The van der Waals surface area contributed by atoms with Gasteiger partial charge >= 0.3 is 6.18 Å². The van der Waals surface area contributed by atoms with Crippen molar-refractivity contribution in [2.75, 3.05) is 10.6 Å². The van der Waals surface area contributed by atoms with Crippen LogP contribution in [-0.4, -0.2) is 16.8 Å². The van der Waals surface area contributed by atoms with Gasteiger partial charge in [0.25, 0.3) is 5.91 Å². The zero-order valence-electron chi connectivity index (χ0n) is 15.6. The summed E-state index contributed by atoms with van der Waals surface area (Å²) in [5.74, 6) is 0.0561. The van der Waals surface area contributed by atoms with Gasteiger partial charge in [-0.25, -0.2) is 4.98 Å². The van der Waals surface area contributed by atoms with Crippen molar-refractivity contribution >= 4 is 34.5 Å². The number of alkyl halides is 3. The Bertz CT molecular complexity index is 1090. The molecule has 2 N–H and O–H groups in total. The van der Waals surface area contributed by atoms with Crippen LogP contribution in [0.25, 0.3) is 10.8 Å². The van der Waals surface area contributed by atoms with Crippen LogP contribution in [0.15, 0.2) is 34.7 Å². The summed E-state index contributed by atoms with van der Waals surface area (Å²) in [5.41, 5.74) is -0.648. The highest BCUT2D eigenvalue weighted by Gasteiger charge is 2.31. The summed E-state index contributed by atoms with van der Waals surface area (Å²) in [4.78, 5) is 28.6. The van der Waals surface area contributed by atoms with E-state index in [0.717, 1.165) is 29.5 Å². The van der Waals surface area contributed by atoms with Gasteiger partial charge < -0.3 is 15.1 Å². The molecule has 0 spiro atoms. The van der Waals surface area contributed by atoms with Gasteiger partial charge in [0, 0.05) is 6.92 Å². The first kappa shape index (κ1) is 20.6. The van der Waals surface area contributed by atoms with E-state index in [0.29, 0.717) is 22.2 Å². The average Bonchev–Trinajstić information content (AvgIpc) is 3.20. The van der Waals surface area contributed by atoms with E-state index in [1.807, 2.05) is 0 Å². The van der Waals surface area contributed by atoms with E-state index in [1.165, 1.54) is 6.92 Å². The van der Waals surface area contributed by atoms with Crippen LogP contribution < -0.4 is 10.6 Å². The van der Waals surface area contributed by atoms with Crippen molar-refractivity contribution in [2.24, 2.45) is 0 Å². The monoisotopic (exact) mass is 423 g/mol. The molecule has 10 heteroatoms. The zero-order valence-corrected chi connectivity index (χ0v) is 16.4. The molecule has 0 saturated carbocycles. The molecular formula is C19H16F3N3O3S. The standard InChI is InChI=1S/C19H16F3N3O3S/c1-9-4-7-15(28-9)18-23-10(2)16(29-18)17(27)25-14-8-12(19(20,21)22)5-6-13(14)24-11(3)26/h4-8H,1-3H3,(H,24,26)(H,25,27). The van der Waals surface area contributed by atoms with Crippen LogP contribution in [0.1, 0.15) is 33.6 Å². The Hall–Kier alpha value is -3.14. The molecule has 2 amide bonds. The van der Waals surface area contributed by atoms with Crippen LogP contribution in [-0.2, 0) is 11.0 Å². The number of aryl methyl sites for hydroxylation is 2. The second kappa shape index (κ2) is 7.70. The van der Waals surface area contributed by atoms with Gasteiger partial charge in [0.2, 0.25) is 5.91 Å². The highest BCUT2D eigenvalue weighted by atomic mass is 32.1. The largest absolute Gasteiger partial charge is 0.459 e. The molecule has 0 aliphatic heterocycles. The molecule has 0 bridgehead atoms. The second-order valence-electron chi connectivity index (χ2n) is 6.24. The van der Waals surface area contributed by atoms with E-state index in [4.69, 9.17) is 4.42 Å². The SMILES string of the molecule is CC(=O)Nc1ccc(C(F)(F)F)cc1NC(=O)c1sc(-c2ccc(C)o2)nc1C. The molecule has 0 aliphatic carbocycles. The van der Waals surface area contributed by atoms with Crippen LogP contribution >= 0.6 is 11.3 Å². The van der Waals surface area contributed by atoms with E-state index in [9.17, 15) is 22.8 Å². The Labute approximate surface area is 167 Å². The number of anilines is 2. The highest BCUT2D eigenvalue weighted by Crippen LogP contribution is 2.35. The number of nitrogens with zero attached hydrogens (tertiary/aromatic N) is 1. The summed E-state index contributed by atoms with van der Waals surface area (Å²) in [7, 11) is 0. The molecular weight excluding hydrogens is 407 g/mol. The van der Waals surface area contributed by atoms with Crippen molar-refractivity contribution in [1.82, 2.24) is 4.98 Å². The molecule has 0 radical (unpaired) electrons. The van der Waals surface area contributed by atoms with E-state index in [2.05, 4.69) is 15.6 Å². The third kappa shape index (κ3) is 4.65. The van der Waals surface area contributed by atoms with Crippen molar-refractivity contribution in [3.8, 4) is 10.8 Å². The van der Waals surface area contributed by atoms with E-state index < -0.39 is 23.6 Å². The smallest absolute Gasteiger partial charge is 0.416 e. The van der Waals surface area contributed by atoms with Crippen molar-refractivity contribution in [3.63, 3.8) is 0 Å². The van der Waals surface area contributed by atoms with E-state index in [-0.39, 0.29) is 16.3 Å². The number of furan rings is 1. The fourth-order valence-electron chi connectivity index (χ4n) is 2.56. The van der Waals surface area contributed by atoms with Gasteiger partial charge in [-0.3, -0.25) is 9.59 Å². The first-order valence-electron chi connectivity index (χ1n) is 8.39. The van der Waals surface area contributed by atoms with Gasteiger partial charge in [-0.05, 0) is 44.2 Å². The summed E-state index contributed by atoms with van der Waals surface area (Å²) < 4.78 is 44.7. The van der Waals surface area contributed by atoms with E-state index in [1.54, 1.807) is 26.0 Å². The number of hydrogen-bond donors (Lipinski definition) is 2. The number of carbonyl (C=O) groups excluding carboxylic acids is 2. The number of amides is 2. The minimum atomic E-state index is -4.60. The molecule has 3 rings (SSSR count). The molecule has 1 aromatic carbocycles. The summed E-state index contributed by atoms with van der Waals surface area (Å²) in [6.45, 7) is 4.61. The molecule has 2 heterocycles. The van der Waals surface area contributed by atoms with Crippen LogP contribution in [0, 0.1) is 13.8 Å². The van der Waals surface area contributed by atoms with Gasteiger partial charge in [0.1, 0.15) is 10.6 Å². The molecule has 3 aromatic rings. The van der Waals surface area contributed by atoms with Crippen molar-refractivity contribution < 1.29 is 27.2 Å². The Balaban J connectivity index is 1.93. The predicted octanol–water partition coefficient (Wildman–Crippen LogP) is 5.25. The Kier molecular flexibility index (Phi) is 5.47. The lowest BCUT2D eigenvalue weighted by Crippen LogP contribution is -2.16.